The molecule has 0 spiro atoms. The molecule has 0 aromatic carbocycles. The molecule has 3 atom stereocenters. The zero-order valence-corrected chi connectivity index (χ0v) is 6.71. The van der Waals surface area contributed by atoms with E-state index in [1.54, 1.807) is 7.11 Å². The molecule has 1 N–H and O–H groups in total. The third-order valence-corrected chi connectivity index (χ3v) is 2.27. The molecule has 0 amide bonds. The van der Waals surface area contributed by atoms with Crippen molar-refractivity contribution in [2.45, 2.75) is 25.9 Å². The van der Waals surface area contributed by atoms with Crippen molar-refractivity contribution >= 4 is 0 Å². The van der Waals surface area contributed by atoms with Gasteiger partial charge in [-0.3, -0.25) is 0 Å². The van der Waals surface area contributed by atoms with E-state index in [0.29, 0.717) is 18.4 Å². The van der Waals surface area contributed by atoms with Crippen LogP contribution in [0, 0.1) is 11.8 Å². The van der Waals surface area contributed by atoms with E-state index in [-0.39, 0.29) is 6.10 Å². The molecule has 1 saturated carbocycles. The summed E-state index contributed by atoms with van der Waals surface area (Å²) in [5, 5.41) is 9.41. The normalized spacial score (nSPS) is 40.5. The van der Waals surface area contributed by atoms with E-state index in [0.717, 1.165) is 12.8 Å². The maximum absolute atomic E-state index is 9.41. The molecule has 0 aromatic rings. The second-order valence-corrected chi connectivity index (χ2v) is 3.36. The Balaban J connectivity index is 2.31. The van der Waals surface area contributed by atoms with E-state index in [1.807, 2.05) is 0 Å². The Hall–Kier alpha value is -0.0800. The Morgan fingerprint density at radius 2 is 2.20 bits per heavy atom. The molecular weight excluding hydrogens is 128 g/mol. The van der Waals surface area contributed by atoms with Crippen molar-refractivity contribution in [2.24, 2.45) is 11.8 Å². The summed E-state index contributed by atoms with van der Waals surface area (Å²) in [5.41, 5.74) is 0. The molecule has 0 aliphatic heterocycles. The molecule has 60 valence electrons. The fourth-order valence-electron chi connectivity index (χ4n) is 1.77. The fraction of sp³-hybridized carbons (Fsp3) is 1.00. The van der Waals surface area contributed by atoms with Gasteiger partial charge in [0.1, 0.15) is 0 Å². The number of aliphatic hydroxyl groups is 1. The monoisotopic (exact) mass is 144 g/mol. The van der Waals surface area contributed by atoms with Crippen molar-refractivity contribution in [3.8, 4) is 0 Å². The summed E-state index contributed by atoms with van der Waals surface area (Å²) >= 11 is 0. The lowest BCUT2D eigenvalue weighted by atomic mass is 10.1. The summed E-state index contributed by atoms with van der Waals surface area (Å²) in [6, 6.07) is 0. The first-order chi connectivity index (χ1) is 4.74. The minimum atomic E-state index is -0.116. The van der Waals surface area contributed by atoms with Gasteiger partial charge in [-0.2, -0.15) is 0 Å². The molecule has 1 fully saturated rings. The van der Waals surface area contributed by atoms with Crippen LogP contribution < -0.4 is 0 Å². The van der Waals surface area contributed by atoms with Gasteiger partial charge in [0.05, 0.1) is 12.7 Å². The number of hydrogen-bond donors (Lipinski definition) is 1. The molecule has 0 heterocycles. The van der Waals surface area contributed by atoms with E-state index >= 15 is 0 Å². The molecule has 0 radical (unpaired) electrons. The molecule has 2 heteroatoms. The Morgan fingerprint density at radius 1 is 1.50 bits per heavy atom. The van der Waals surface area contributed by atoms with Crippen molar-refractivity contribution in [3.63, 3.8) is 0 Å². The number of aliphatic hydroxyl groups excluding tert-OH is 1. The van der Waals surface area contributed by atoms with Gasteiger partial charge in [-0.15, -0.1) is 0 Å². The average Bonchev–Trinajstić information content (AvgIpc) is 2.13. The Bertz CT molecular complexity index is 103. The zero-order chi connectivity index (χ0) is 7.56. The van der Waals surface area contributed by atoms with Gasteiger partial charge in [0.15, 0.2) is 0 Å². The lowest BCUT2D eigenvalue weighted by molar-refractivity contribution is 0.0683. The van der Waals surface area contributed by atoms with Gasteiger partial charge in [0, 0.05) is 13.0 Å². The Morgan fingerprint density at radius 3 is 2.60 bits per heavy atom. The Kier molecular flexibility index (Phi) is 2.69. The van der Waals surface area contributed by atoms with E-state index < -0.39 is 0 Å². The smallest absolute Gasteiger partial charge is 0.0593 e. The van der Waals surface area contributed by atoms with Crippen LogP contribution in [-0.2, 0) is 4.74 Å². The van der Waals surface area contributed by atoms with Crippen LogP contribution in [0.2, 0.25) is 0 Å². The highest BCUT2D eigenvalue weighted by Crippen LogP contribution is 2.30. The predicted octanol–water partition coefficient (Wildman–Crippen LogP) is 1.04. The summed E-state index contributed by atoms with van der Waals surface area (Å²) in [7, 11) is 1.69. The van der Waals surface area contributed by atoms with E-state index in [2.05, 4.69) is 6.92 Å². The quantitative estimate of drug-likeness (QED) is 0.627. The van der Waals surface area contributed by atoms with Gasteiger partial charge >= 0.3 is 0 Å². The topological polar surface area (TPSA) is 29.5 Å². The molecule has 1 aliphatic carbocycles. The van der Waals surface area contributed by atoms with Gasteiger partial charge in [-0.05, 0) is 18.8 Å². The molecule has 0 aromatic heterocycles. The second kappa shape index (κ2) is 3.35. The third kappa shape index (κ3) is 1.70. The highest BCUT2D eigenvalue weighted by molar-refractivity contribution is 4.80. The second-order valence-electron chi connectivity index (χ2n) is 3.36. The zero-order valence-electron chi connectivity index (χ0n) is 6.71. The molecule has 0 bridgehead atoms. The first kappa shape index (κ1) is 8.02. The molecule has 1 rings (SSSR count). The summed E-state index contributed by atoms with van der Waals surface area (Å²) in [6.45, 7) is 2.89. The van der Waals surface area contributed by atoms with Crippen LogP contribution in [0.1, 0.15) is 19.8 Å². The van der Waals surface area contributed by atoms with Crippen molar-refractivity contribution < 1.29 is 9.84 Å². The molecule has 1 unspecified atom stereocenters. The van der Waals surface area contributed by atoms with Crippen molar-refractivity contribution in [3.05, 3.63) is 0 Å². The average molecular weight is 144 g/mol. The van der Waals surface area contributed by atoms with Crippen LogP contribution in [0.25, 0.3) is 0 Å². The highest BCUT2D eigenvalue weighted by Gasteiger charge is 2.29. The number of methoxy groups -OCH3 is 1. The number of hydrogen-bond acceptors (Lipinski definition) is 2. The molecule has 1 aliphatic rings. The van der Waals surface area contributed by atoms with Crippen molar-refractivity contribution in [2.75, 3.05) is 13.7 Å². The maximum atomic E-state index is 9.41. The van der Waals surface area contributed by atoms with Crippen LogP contribution in [0.5, 0.6) is 0 Å². The summed E-state index contributed by atoms with van der Waals surface area (Å²) in [4.78, 5) is 0. The lowest BCUT2D eigenvalue weighted by Crippen LogP contribution is -2.17. The lowest BCUT2D eigenvalue weighted by Gasteiger charge is -2.11. The largest absolute Gasteiger partial charge is 0.393 e. The van der Waals surface area contributed by atoms with E-state index in [9.17, 15) is 5.11 Å². The minimum Gasteiger partial charge on any atom is -0.393 e. The summed E-state index contributed by atoms with van der Waals surface area (Å²) in [6.07, 6.45) is 1.96. The van der Waals surface area contributed by atoms with Crippen LogP contribution >= 0.6 is 0 Å². The van der Waals surface area contributed by atoms with Gasteiger partial charge in [0.25, 0.3) is 0 Å². The summed E-state index contributed by atoms with van der Waals surface area (Å²) in [5.74, 6) is 1.06. The fourth-order valence-corrected chi connectivity index (χ4v) is 1.77. The van der Waals surface area contributed by atoms with E-state index in [4.69, 9.17) is 4.74 Å². The van der Waals surface area contributed by atoms with Gasteiger partial charge in [-0.25, -0.2) is 0 Å². The third-order valence-electron chi connectivity index (χ3n) is 2.27. The summed E-state index contributed by atoms with van der Waals surface area (Å²) < 4.78 is 4.98. The first-order valence-corrected chi connectivity index (χ1v) is 3.91. The maximum Gasteiger partial charge on any atom is 0.0593 e. The van der Waals surface area contributed by atoms with Gasteiger partial charge in [0.2, 0.25) is 0 Å². The standard InChI is InChI=1S/C8H16O2/c1-6-3-7(5-10-2)8(9)4-6/h6-9H,3-5H2,1-2H3/t6-,7+,8?/m1/s1. The molecule has 0 saturated heterocycles. The van der Waals surface area contributed by atoms with Crippen LogP contribution in [0.3, 0.4) is 0 Å². The van der Waals surface area contributed by atoms with Gasteiger partial charge in [-0.1, -0.05) is 6.92 Å². The minimum absolute atomic E-state index is 0.116. The van der Waals surface area contributed by atoms with Crippen LogP contribution in [0.4, 0.5) is 0 Å². The van der Waals surface area contributed by atoms with Crippen LogP contribution in [-0.4, -0.2) is 24.9 Å². The predicted molar refractivity (Wildman–Crippen MR) is 39.8 cm³/mol. The van der Waals surface area contributed by atoms with Gasteiger partial charge < -0.3 is 9.84 Å². The van der Waals surface area contributed by atoms with Crippen LogP contribution in [0.15, 0.2) is 0 Å². The van der Waals surface area contributed by atoms with Crippen molar-refractivity contribution in [1.82, 2.24) is 0 Å². The SMILES string of the molecule is COC[C@@H]1C[C@@H](C)CC1O. The Labute approximate surface area is 62.2 Å². The first-order valence-electron chi connectivity index (χ1n) is 3.91. The van der Waals surface area contributed by atoms with Crippen molar-refractivity contribution in [1.29, 1.82) is 0 Å². The molecule has 2 nitrogen and oxygen atoms in total. The molecule has 10 heavy (non-hydrogen) atoms. The molecular formula is C8H16O2. The number of rotatable bonds is 2. The highest BCUT2D eigenvalue weighted by atomic mass is 16.5. The van der Waals surface area contributed by atoms with E-state index in [1.165, 1.54) is 0 Å². The number of ether oxygens (including phenoxy) is 1.